The Kier molecular flexibility index (Phi) is 8.18. The minimum Gasteiger partial charge on any atom is -0.480 e. The highest BCUT2D eigenvalue weighted by atomic mass is 33.1. The van der Waals surface area contributed by atoms with Crippen molar-refractivity contribution in [2.24, 2.45) is 0 Å². The fourth-order valence-corrected chi connectivity index (χ4v) is 7.34. The summed E-state index contributed by atoms with van der Waals surface area (Å²) < 4.78 is 58.9. The average Bonchev–Trinajstić information content (AvgIpc) is 3.45. The molecule has 0 saturated carbocycles. The van der Waals surface area contributed by atoms with E-state index in [1.165, 1.54) is 38.7 Å². The van der Waals surface area contributed by atoms with Gasteiger partial charge in [0.1, 0.15) is 28.7 Å². The molecule has 0 unspecified atom stereocenters. The van der Waals surface area contributed by atoms with Gasteiger partial charge in [0.05, 0.1) is 24.2 Å². The number of benzene rings is 2. The first kappa shape index (κ1) is 29.1. The van der Waals surface area contributed by atoms with Gasteiger partial charge in [-0.1, -0.05) is 6.07 Å². The van der Waals surface area contributed by atoms with E-state index in [4.69, 9.17) is 4.74 Å². The van der Waals surface area contributed by atoms with Crippen LogP contribution in [-0.4, -0.2) is 66.8 Å². The number of halogens is 2. The Morgan fingerprint density at radius 3 is 2.55 bits per heavy atom. The molecular weight excluding hydrogens is 588 g/mol. The molecule has 3 heterocycles. The smallest absolute Gasteiger partial charge is 0.248 e. The number of hydrogen-bond donors (Lipinski definition) is 0. The van der Waals surface area contributed by atoms with E-state index in [1.807, 2.05) is 11.0 Å². The van der Waals surface area contributed by atoms with Crippen LogP contribution in [0.15, 0.2) is 76.9 Å². The second-order valence-electron chi connectivity index (χ2n) is 9.22. The highest BCUT2D eigenvalue weighted by Crippen LogP contribution is 2.39. The van der Waals surface area contributed by atoms with Crippen LogP contribution in [0.5, 0.6) is 5.88 Å². The minimum atomic E-state index is -4.29. The van der Waals surface area contributed by atoms with E-state index in [0.717, 1.165) is 12.1 Å². The molecule has 1 fully saturated rings. The number of carbonyl (C=O) groups is 2. The number of ether oxygens (including phenoxy) is 1. The van der Waals surface area contributed by atoms with E-state index in [0.29, 0.717) is 57.8 Å². The zero-order valence-electron chi connectivity index (χ0n) is 22.3. The Bertz CT molecular complexity index is 1850. The molecular formula is C28H23F2N5O5S2. The standard InChI is InChI=1S/C28H23F2N5O5S2/c1-17(36)3-8-26(37)34-9-10-35(16-34)27-21-11-18(4-6-23(21)32-15-33-27)19-12-24(28(40-2)31-14-19)41-42(38,39)25-7-5-20(29)13-22(25)30/h3-8,11-15H,9-10,16H2,1-2H3/b8-3+. The predicted molar refractivity (Wildman–Crippen MR) is 152 cm³/mol. The second-order valence-corrected chi connectivity index (χ2v) is 13.0. The number of carbonyl (C=O) groups excluding carboxylic acids is 2. The molecule has 0 bridgehead atoms. The third-order valence-electron chi connectivity index (χ3n) is 6.38. The van der Waals surface area contributed by atoms with Crippen molar-refractivity contribution < 1.29 is 31.5 Å². The van der Waals surface area contributed by atoms with Crippen molar-refractivity contribution in [2.75, 3.05) is 31.8 Å². The summed E-state index contributed by atoms with van der Waals surface area (Å²) >= 11 is 0. The van der Waals surface area contributed by atoms with E-state index in [1.54, 1.807) is 23.1 Å². The summed E-state index contributed by atoms with van der Waals surface area (Å²) in [7, 11) is -2.62. The highest BCUT2D eigenvalue weighted by Gasteiger charge is 2.26. The molecule has 216 valence electrons. The van der Waals surface area contributed by atoms with E-state index >= 15 is 0 Å². The van der Waals surface area contributed by atoms with Crippen molar-refractivity contribution in [2.45, 2.75) is 16.7 Å². The van der Waals surface area contributed by atoms with Gasteiger partial charge in [-0.3, -0.25) is 9.59 Å². The minimum absolute atomic E-state index is 0.0142. The van der Waals surface area contributed by atoms with Gasteiger partial charge in [-0.25, -0.2) is 32.2 Å². The lowest BCUT2D eigenvalue weighted by atomic mass is 10.0. The Labute approximate surface area is 243 Å². The number of allylic oxidation sites excluding steroid dienone is 1. The first-order valence-electron chi connectivity index (χ1n) is 12.5. The van der Waals surface area contributed by atoms with Crippen molar-refractivity contribution >= 4 is 48.1 Å². The molecule has 0 N–H and O–H groups in total. The van der Waals surface area contributed by atoms with Gasteiger partial charge >= 0.3 is 0 Å². The number of ketones is 1. The van der Waals surface area contributed by atoms with E-state index in [-0.39, 0.29) is 29.1 Å². The lowest BCUT2D eigenvalue weighted by Gasteiger charge is -2.20. The van der Waals surface area contributed by atoms with Crippen LogP contribution in [0.2, 0.25) is 0 Å². The summed E-state index contributed by atoms with van der Waals surface area (Å²) in [6, 6.07) is 9.20. The average molecular weight is 612 g/mol. The summed E-state index contributed by atoms with van der Waals surface area (Å²) in [5.41, 5.74) is 1.85. The molecule has 1 amide bonds. The molecule has 4 aromatic rings. The summed E-state index contributed by atoms with van der Waals surface area (Å²) in [4.78, 5) is 39.7. The number of nitrogens with zero attached hydrogens (tertiary/aromatic N) is 5. The predicted octanol–water partition coefficient (Wildman–Crippen LogP) is 4.21. The van der Waals surface area contributed by atoms with E-state index in [9.17, 15) is 26.8 Å². The molecule has 0 aliphatic carbocycles. The van der Waals surface area contributed by atoms with Crippen LogP contribution in [-0.2, 0) is 18.5 Å². The number of fused-ring (bicyclic) bond motifs is 1. The fraction of sp³-hybridized carbons (Fsp3) is 0.179. The van der Waals surface area contributed by atoms with Crippen LogP contribution in [0.4, 0.5) is 14.6 Å². The largest absolute Gasteiger partial charge is 0.480 e. The van der Waals surface area contributed by atoms with Gasteiger partial charge < -0.3 is 14.5 Å². The van der Waals surface area contributed by atoms with E-state index in [2.05, 4.69) is 15.0 Å². The van der Waals surface area contributed by atoms with Crippen molar-refractivity contribution in [1.29, 1.82) is 0 Å². The van der Waals surface area contributed by atoms with Crippen LogP contribution in [0.1, 0.15) is 6.92 Å². The first-order chi connectivity index (χ1) is 20.1. The molecule has 2 aromatic carbocycles. The van der Waals surface area contributed by atoms with Crippen molar-refractivity contribution in [3.63, 3.8) is 0 Å². The van der Waals surface area contributed by atoms with Crippen molar-refractivity contribution in [3.05, 3.63) is 78.8 Å². The van der Waals surface area contributed by atoms with Crippen LogP contribution >= 0.6 is 10.8 Å². The number of pyridine rings is 1. The molecule has 1 saturated heterocycles. The number of aromatic nitrogens is 3. The Morgan fingerprint density at radius 2 is 1.81 bits per heavy atom. The third-order valence-corrected chi connectivity index (χ3v) is 9.67. The monoisotopic (exact) mass is 611 g/mol. The maximum atomic E-state index is 14.3. The molecule has 5 rings (SSSR count). The molecule has 42 heavy (non-hydrogen) atoms. The van der Waals surface area contributed by atoms with Gasteiger partial charge in [-0.15, -0.1) is 0 Å². The van der Waals surface area contributed by atoms with Crippen LogP contribution < -0.4 is 9.64 Å². The van der Waals surface area contributed by atoms with Gasteiger partial charge in [0.15, 0.2) is 5.78 Å². The lowest BCUT2D eigenvalue weighted by Crippen LogP contribution is -2.30. The molecule has 2 aromatic heterocycles. The number of anilines is 1. The van der Waals surface area contributed by atoms with Gasteiger partial charge in [-0.2, -0.15) is 0 Å². The van der Waals surface area contributed by atoms with E-state index < -0.39 is 25.4 Å². The topological polar surface area (TPSA) is 123 Å². The van der Waals surface area contributed by atoms with Crippen LogP contribution in [0, 0.1) is 11.6 Å². The number of rotatable bonds is 8. The lowest BCUT2D eigenvalue weighted by molar-refractivity contribution is -0.125. The molecule has 10 nitrogen and oxygen atoms in total. The quantitative estimate of drug-likeness (QED) is 0.212. The second kappa shape index (κ2) is 11.8. The van der Waals surface area contributed by atoms with Crippen LogP contribution in [0.25, 0.3) is 22.0 Å². The zero-order valence-corrected chi connectivity index (χ0v) is 24.0. The molecule has 14 heteroatoms. The highest BCUT2D eigenvalue weighted by molar-refractivity contribution is 8.72. The summed E-state index contributed by atoms with van der Waals surface area (Å²) in [5.74, 6) is -1.99. The van der Waals surface area contributed by atoms with Gasteiger partial charge in [0.2, 0.25) is 20.7 Å². The third kappa shape index (κ3) is 6.09. The van der Waals surface area contributed by atoms with Crippen LogP contribution in [0.3, 0.4) is 0 Å². The first-order valence-corrected chi connectivity index (χ1v) is 15.3. The molecule has 0 radical (unpaired) electrons. The Morgan fingerprint density at radius 1 is 1.00 bits per heavy atom. The number of methoxy groups -OCH3 is 1. The summed E-state index contributed by atoms with van der Waals surface area (Å²) in [6.45, 7) is 2.59. The molecule has 0 atom stereocenters. The molecule has 1 aliphatic heterocycles. The fourth-order valence-electron chi connectivity index (χ4n) is 4.35. The molecule has 1 aliphatic rings. The number of hydrogen-bond acceptors (Lipinski definition) is 10. The van der Waals surface area contributed by atoms with Crippen molar-refractivity contribution in [1.82, 2.24) is 19.9 Å². The maximum absolute atomic E-state index is 14.3. The van der Waals surface area contributed by atoms with Gasteiger partial charge in [-0.05, 0) is 48.9 Å². The summed E-state index contributed by atoms with van der Waals surface area (Å²) in [5, 5.41) is 0.689. The van der Waals surface area contributed by atoms with Crippen molar-refractivity contribution in [3.8, 4) is 17.0 Å². The normalized spacial score (nSPS) is 13.7. The van der Waals surface area contributed by atoms with Gasteiger partial charge in [0, 0.05) is 53.2 Å². The molecule has 0 spiro atoms. The Hall–Kier alpha value is -4.43. The Balaban J connectivity index is 1.47. The summed E-state index contributed by atoms with van der Waals surface area (Å²) in [6.07, 6.45) is 5.42. The SMILES string of the molecule is COc1ncc(-c2ccc3ncnc(N4CCN(C(=O)/C=C/C(C)=O)C4)c3c2)cc1SS(=O)(=O)c1ccc(F)cc1F. The van der Waals surface area contributed by atoms with Gasteiger partial charge in [0.25, 0.3) is 0 Å². The maximum Gasteiger partial charge on any atom is 0.248 e. The zero-order chi connectivity index (χ0) is 30.0. The number of amides is 1.